The Bertz CT molecular complexity index is 702. The van der Waals surface area contributed by atoms with Gasteiger partial charge in [-0.25, -0.2) is 19.2 Å². The Labute approximate surface area is 143 Å². The van der Waals surface area contributed by atoms with Crippen molar-refractivity contribution in [3.63, 3.8) is 0 Å². The minimum Gasteiger partial charge on any atom is -0.478 e. The molecule has 0 aliphatic heterocycles. The van der Waals surface area contributed by atoms with E-state index in [1.54, 1.807) is 13.8 Å². The van der Waals surface area contributed by atoms with Gasteiger partial charge in [-0.05, 0) is 12.1 Å². The molecule has 0 heterocycles. The number of rotatable bonds is 8. The zero-order valence-corrected chi connectivity index (χ0v) is 13.7. The van der Waals surface area contributed by atoms with Crippen LogP contribution in [0.4, 0.5) is 0 Å². The Morgan fingerprint density at radius 2 is 1.52 bits per heavy atom. The number of aliphatic carboxylic acids is 1. The van der Waals surface area contributed by atoms with Crippen molar-refractivity contribution in [2.75, 3.05) is 13.2 Å². The first-order valence-corrected chi connectivity index (χ1v) is 7.19. The number of esters is 2. The Morgan fingerprint density at radius 1 is 0.960 bits per heavy atom. The quantitative estimate of drug-likeness (QED) is 0.536. The third-order valence-corrected chi connectivity index (χ3v) is 2.94. The summed E-state index contributed by atoms with van der Waals surface area (Å²) in [5, 5.41) is 17.5. The Balaban J connectivity index is 2.61. The van der Waals surface area contributed by atoms with Crippen molar-refractivity contribution >= 4 is 23.9 Å². The van der Waals surface area contributed by atoms with Gasteiger partial charge in [0.15, 0.2) is 0 Å². The molecule has 0 aromatic heterocycles. The van der Waals surface area contributed by atoms with Crippen LogP contribution >= 0.6 is 0 Å². The third kappa shape index (κ3) is 6.86. The Kier molecular flexibility index (Phi) is 6.86. The smallest absolute Gasteiger partial charge is 0.339 e. The molecule has 0 radical (unpaired) electrons. The highest BCUT2D eigenvalue weighted by molar-refractivity contribution is 6.02. The van der Waals surface area contributed by atoms with Gasteiger partial charge in [-0.3, -0.25) is 0 Å². The second-order valence-electron chi connectivity index (χ2n) is 5.87. The van der Waals surface area contributed by atoms with Gasteiger partial charge in [0.1, 0.15) is 0 Å². The van der Waals surface area contributed by atoms with Gasteiger partial charge in [-0.2, -0.15) is 0 Å². The molecule has 0 saturated carbocycles. The van der Waals surface area contributed by atoms with Crippen LogP contribution in [0.5, 0.6) is 0 Å². The molecule has 0 bridgehead atoms. The van der Waals surface area contributed by atoms with E-state index in [-0.39, 0.29) is 24.3 Å². The number of benzene rings is 1. The minimum atomic E-state index is -1.28. The van der Waals surface area contributed by atoms with Crippen molar-refractivity contribution in [3.05, 3.63) is 47.5 Å². The molecule has 134 valence electrons. The first kappa shape index (κ1) is 19.9. The SMILES string of the molecule is CC(C)(COC(=O)/C=C/C(=O)O)COC(=O)c1ccccc1C(=O)O. The molecule has 2 N–H and O–H groups in total. The molecule has 0 aliphatic rings. The maximum Gasteiger partial charge on any atom is 0.339 e. The summed E-state index contributed by atoms with van der Waals surface area (Å²) in [4.78, 5) is 44.8. The largest absolute Gasteiger partial charge is 0.478 e. The highest BCUT2D eigenvalue weighted by Gasteiger charge is 2.24. The van der Waals surface area contributed by atoms with Gasteiger partial charge in [0, 0.05) is 17.6 Å². The minimum absolute atomic E-state index is 0.0767. The van der Waals surface area contributed by atoms with E-state index < -0.39 is 29.3 Å². The lowest BCUT2D eigenvalue weighted by molar-refractivity contribution is -0.142. The first-order valence-electron chi connectivity index (χ1n) is 7.19. The predicted octanol–water partition coefficient (Wildman–Crippen LogP) is 1.75. The molecule has 0 spiro atoms. The van der Waals surface area contributed by atoms with Crippen molar-refractivity contribution in [1.29, 1.82) is 0 Å². The Morgan fingerprint density at radius 3 is 2.08 bits per heavy atom. The maximum atomic E-state index is 12.1. The normalized spacial score (nSPS) is 11.1. The van der Waals surface area contributed by atoms with Crippen LogP contribution in [0.2, 0.25) is 0 Å². The number of carboxylic acid groups (broad SMARTS) is 2. The molecule has 0 saturated heterocycles. The number of aromatic carboxylic acids is 1. The van der Waals surface area contributed by atoms with Crippen LogP contribution in [0.3, 0.4) is 0 Å². The molecule has 0 fully saturated rings. The van der Waals surface area contributed by atoms with Crippen molar-refractivity contribution < 1.29 is 38.9 Å². The van der Waals surface area contributed by atoms with Gasteiger partial charge >= 0.3 is 23.9 Å². The van der Waals surface area contributed by atoms with Gasteiger partial charge in [0.05, 0.1) is 24.3 Å². The van der Waals surface area contributed by atoms with Crippen molar-refractivity contribution in [3.8, 4) is 0 Å². The van der Waals surface area contributed by atoms with E-state index in [1.807, 2.05) is 0 Å². The number of hydrogen-bond acceptors (Lipinski definition) is 6. The molecule has 0 amide bonds. The summed E-state index contributed by atoms with van der Waals surface area (Å²) in [5.41, 5.74) is -0.997. The standard InChI is InChI=1S/C17H18O8/c1-17(2,9-24-14(20)8-7-13(18)19)10-25-16(23)12-6-4-3-5-11(12)15(21)22/h3-8H,9-10H2,1-2H3,(H,18,19)(H,21,22)/b8-7+. The van der Waals surface area contributed by atoms with Crippen LogP contribution < -0.4 is 0 Å². The number of carbonyl (C=O) groups excluding carboxylic acids is 2. The van der Waals surface area contributed by atoms with Gasteiger partial charge in [0.2, 0.25) is 0 Å². The lowest BCUT2D eigenvalue weighted by atomic mass is 9.96. The zero-order valence-electron chi connectivity index (χ0n) is 13.7. The van der Waals surface area contributed by atoms with E-state index in [0.29, 0.717) is 6.08 Å². The van der Waals surface area contributed by atoms with Gasteiger partial charge in [0.25, 0.3) is 0 Å². The fourth-order valence-corrected chi connectivity index (χ4v) is 1.68. The summed E-state index contributed by atoms with van der Waals surface area (Å²) in [6.07, 6.45) is 1.42. The van der Waals surface area contributed by atoms with E-state index in [1.165, 1.54) is 24.3 Å². The molecule has 1 aromatic carbocycles. The van der Waals surface area contributed by atoms with Crippen molar-refractivity contribution in [2.24, 2.45) is 5.41 Å². The highest BCUT2D eigenvalue weighted by Crippen LogP contribution is 2.18. The van der Waals surface area contributed by atoms with E-state index in [9.17, 15) is 19.2 Å². The first-order chi connectivity index (χ1) is 11.6. The van der Waals surface area contributed by atoms with E-state index in [2.05, 4.69) is 0 Å². The van der Waals surface area contributed by atoms with Crippen LogP contribution in [0, 0.1) is 5.41 Å². The molecule has 1 aromatic rings. The topological polar surface area (TPSA) is 127 Å². The number of ether oxygens (including phenoxy) is 2. The van der Waals surface area contributed by atoms with E-state index in [0.717, 1.165) is 6.08 Å². The van der Waals surface area contributed by atoms with E-state index >= 15 is 0 Å². The summed E-state index contributed by atoms with van der Waals surface area (Å²) in [6, 6.07) is 5.65. The fraction of sp³-hybridized carbons (Fsp3) is 0.294. The van der Waals surface area contributed by atoms with Gasteiger partial charge < -0.3 is 19.7 Å². The average molecular weight is 350 g/mol. The van der Waals surface area contributed by atoms with Crippen LogP contribution in [0.25, 0.3) is 0 Å². The number of carbonyl (C=O) groups is 4. The molecular formula is C17H18O8. The summed E-state index contributed by atoms with van der Waals surface area (Å²) >= 11 is 0. The maximum absolute atomic E-state index is 12.1. The molecule has 0 atom stereocenters. The summed E-state index contributed by atoms with van der Waals surface area (Å²) < 4.78 is 9.99. The lowest BCUT2D eigenvalue weighted by Gasteiger charge is -2.23. The third-order valence-electron chi connectivity index (χ3n) is 2.94. The van der Waals surface area contributed by atoms with Crippen LogP contribution in [0.15, 0.2) is 36.4 Å². The highest BCUT2D eigenvalue weighted by atomic mass is 16.5. The summed E-state index contributed by atoms with van der Waals surface area (Å²) in [6.45, 7) is 3.08. The lowest BCUT2D eigenvalue weighted by Crippen LogP contribution is -2.28. The molecule has 8 heteroatoms. The van der Waals surface area contributed by atoms with Crippen LogP contribution in [0.1, 0.15) is 34.6 Å². The molecule has 25 heavy (non-hydrogen) atoms. The molecule has 1 rings (SSSR count). The molecule has 8 nitrogen and oxygen atoms in total. The van der Waals surface area contributed by atoms with E-state index in [4.69, 9.17) is 19.7 Å². The van der Waals surface area contributed by atoms with Crippen molar-refractivity contribution in [1.82, 2.24) is 0 Å². The van der Waals surface area contributed by atoms with Gasteiger partial charge in [-0.15, -0.1) is 0 Å². The van der Waals surface area contributed by atoms with Crippen molar-refractivity contribution in [2.45, 2.75) is 13.8 Å². The second-order valence-corrected chi connectivity index (χ2v) is 5.87. The fourth-order valence-electron chi connectivity index (χ4n) is 1.68. The monoisotopic (exact) mass is 350 g/mol. The number of carboxylic acids is 2. The summed E-state index contributed by atoms with van der Waals surface area (Å²) in [5.74, 6) is -4.16. The summed E-state index contributed by atoms with van der Waals surface area (Å²) in [7, 11) is 0. The van der Waals surface area contributed by atoms with Crippen LogP contribution in [-0.2, 0) is 19.1 Å². The number of hydrogen-bond donors (Lipinski definition) is 2. The second kappa shape index (κ2) is 8.62. The predicted molar refractivity (Wildman–Crippen MR) is 85.2 cm³/mol. The van der Waals surface area contributed by atoms with Crippen LogP contribution in [-0.4, -0.2) is 47.3 Å². The zero-order chi connectivity index (χ0) is 19.0. The Hall–Kier alpha value is -3.16. The molecular weight excluding hydrogens is 332 g/mol. The average Bonchev–Trinajstić information content (AvgIpc) is 2.56. The molecule has 0 aliphatic carbocycles. The van der Waals surface area contributed by atoms with Gasteiger partial charge in [-0.1, -0.05) is 26.0 Å². The molecule has 0 unspecified atom stereocenters.